The third kappa shape index (κ3) is 3.61. The Morgan fingerprint density at radius 2 is 1.77 bits per heavy atom. The maximum Gasteiger partial charge on any atom is 0.273 e. The Morgan fingerprint density at radius 3 is 2.50 bits per heavy atom. The topological polar surface area (TPSA) is 97.3 Å². The summed E-state index contributed by atoms with van der Waals surface area (Å²) in [5, 5.41) is 5.44. The number of fused-ring (bicyclic) bond motifs is 2. The molecule has 2 amide bonds. The molecule has 4 rings (SSSR count). The van der Waals surface area contributed by atoms with E-state index in [0.717, 1.165) is 9.54 Å². The van der Waals surface area contributed by atoms with Gasteiger partial charge < -0.3 is 10.6 Å². The van der Waals surface area contributed by atoms with Crippen LogP contribution >= 0.6 is 0 Å². The van der Waals surface area contributed by atoms with Gasteiger partial charge in [-0.3, -0.25) is 9.59 Å². The Labute approximate surface area is 174 Å². The van der Waals surface area contributed by atoms with E-state index in [1.54, 1.807) is 6.92 Å². The lowest BCUT2D eigenvalue weighted by Crippen LogP contribution is -2.26. The van der Waals surface area contributed by atoms with Crippen molar-refractivity contribution in [2.45, 2.75) is 25.2 Å². The normalized spacial score (nSPS) is 14.3. The molecule has 0 bridgehead atoms. The lowest BCUT2D eigenvalue weighted by molar-refractivity contribution is 0.0952. The van der Waals surface area contributed by atoms with Crippen LogP contribution in [0.2, 0.25) is 0 Å². The summed E-state index contributed by atoms with van der Waals surface area (Å²) in [7, 11) is -3.95. The van der Waals surface area contributed by atoms with Gasteiger partial charge >= 0.3 is 0 Å². The highest BCUT2D eigenvalue weighted by Gasteiger charge is 2.31. The molecule has 2 N–H and O–H groups in total. The fourth-order valence-corrected chi connectivity index (χ4v) is 4.94. The first kappa shape index (κ1) is 19.9. The SMILES string of the molecule is Cc1ccc(CCNC(=O)c2ccc3c(c2)NC(=O)c2cc(C)cn2S3(=O)=O)cc1. The summed E-state index contributed by atoms with van der Waals surface area (Å²) in [6.07, 6.45) is 2.09. The largest absolute Gasteiger partial charge is 0.352 e. The number of carbonyl (C=O) groups is 2. The fraction of sp³-hybridized carbons (Fsp3) is 0.182. The van der Waals surface area contributed by atoms with Gasteiger partial charge in [0, 0.05) is 18.3 Å². The summed E-state index contributed by atoms with van der Waals surface area (Å²) in [5.74, 6) is -0.876. The predicted octanol–water partition coefficient (Wildman–Crippen LogP) is 2.88. The summed E-state index contributed by atoms with van der Waals surface area (Å²) >= 11 is 0. The number of anilines is 1. The summed E-state index contributed by atoms with van der Waals surface area (Å²) in [4.78, 5) is 25.0. The number of benzene rings is 2. The predicted molar refractivity (Wildman–Crippen MR) is 113 cm³/mol. The first-order valence-corrected chi connectivity index (χ1v) is 10.9. The molecule has 7 nitrogen and oxygen atoms in total. The maximum absolute atomic E-state index is 13.0. The summed E-state index contributed by atoms with van der Waals surface area (Å²) in [6, 6.07) is 13.8. The van der Waals surface area contributed by atoms with E-state index in [2.05, 4.69) is 10.6 Å². The van der Waals surface area contributed by atoms with Crippen LogP contribution in [0.15, 0.2) is 59.6 Å². The lowest BCUT2D eigenvalue weighted by Gasteiger charge is -2.11. The van der Waals surface area contributed by atoms with Crippen molar-refractivity contribution in [3.8, 4) is 0 Å². The van der Waals surface area contributed by atoms with Gasteiger partial charge in [-0.15, -0.1) is 0 Å². The molecule has 0 spiro atoms. The molecule has 3 aromatic rings. The Balaban J connectivity index is 1.55. The molecule has 1 aromatic heterocycles. The Bertz CT molecular complexity index is 1260. The quantitative estimate of drug-likeness (QED) is 0.674. The van der Waals surface area contributed by atoms with Crippen LogP contribution < -0.4 is 10.6 Å². The van der Waals surface area contributed by atoms with Crippen molar-refractivity contribution >= 4 is 27.5 Å². The van der Waals surface area contributed by atoms with E-state index < -0.39 is 15.9 Å². The number of nitrogens with one attached hydrogen (secondary N) is 2. The van der Waals surface area contributed by atoms with E-state index in [4.69, 9.17) is 0 Å². The highest BCUT2D eigenvalue weighted by atomic mass is 32.2. The molecule has 154 valence electrons. The molecule has 0 atom stereocenters. The van der Waals surface area contributed by atoms with Crippen LogP contribution in [-0.2, 0) is 16.4 Å². The number of hydrogen-bond donors (Lipinski definition) is 2. The molecule has 0 saturated carbocycles. The average molecular weight is 423 g/mol. The highest BCUT2D eigenvalue weighted by molar-refractivity contribution is 7.90. The number of amides is 2. The van der Waals surface area contributed by atoms with Crippen LogP contribution in [0.3, 0.4) is 0 Å². The fourth-order valence-electron chi connectivity index (χ4n) is 3.40. The van der Waals surface area contributed by atoms with Gasteiger partial charge in [0.15, 0.2) is 0 Å². The summed E-state index contributed by atoms with van der Waals surface area (Å²) in [6.45, 7) is 4.17. The number of nitrogens with zero attached hydrogens (tertiary/aromatic N) is 1. The second-order valence-electron chi connectivity index (χ2n) is 7.36. The van der Waals surface area contributed by atoms with Crippen molar-refractivity contribution < 1.29 is 18.0 Å². The molecule has 0 saturated heterocycles. The van der Waals surface area contributed by atoms with E-state index in [1.165, 1.54) is 36.0 Å². The Kier molecular flexibility index (Phi) is 4.95. The number of aromatic nitrogens is 1. The average Bonchev–Trinajstić information content (AvgIpc) is 3.09. The number of rotatable bonds is 4. The van der Waals surface area contributed by atoms with Crippen LogP contribution in [0.4, 0.5) is 5.69 Å². The molecule has 0 fully saturated rings. The molecule has 0 radical (unpaired) electrons. The van der Waals surface area contributed by atoms with Gasteiger partial charge in [-0.05, 0) is 55.7 Å². The standard InChI is InChI=1S/C22H21N3O4S/c1-14-3-5-16(6-4-14)9-10-23-21(26)17-7-8-20-18(12-17)24-22(27)19-11-15(2)13-25(19)30(20,28)29/h3-8,11-13H,9-10H2,1-2H3,(H,23,26)(H,24,27). The second-order valence-corrected chi connectivity index (χ2v) is 9.14. The van der Waals surface area contributed by atoms with Crippen LogP contribution in [0.25, 0.3) is 0 Å². The van der Waals surface area contributed by atoms with Gasteiger partial charge in [0.2, 0.25) is 0 Å². The van der Waals surface area contributed by atoms with Gasteiger partial charge in [0.05, 0.1) is 5.69 Å². The zero-order valence-corrected chi connectivity index (χ0v) is 17.4. The number of carbonyl (C=O) groups excluding carboxylic acids is 2. The minimum Gasteiger partial charge on any atom is -0.352 e. The number of aryl methyl sites for hydroxylation is 2. The molecular formula is C22H21N3O4S. The van der Waals surface area contributed by atoms with E-state index >= 15 is 0 Å². The monoisotopic (exact) mass is 423 g/mol. The van der Waals surface area contributed by atoms with Crippen molar-refractivity contribution in [2.24, 2.45) is 0 Å². The van der Waals surface area contributed by atoms with Crippen molar-refractivity contribution in [1.82, 2.24) is 9.29 Å². The van der Waals surface area contributed by atoms with E-state index in [9.17, 15) is 18.0 Å². The zero-order chi connectivity index (χ0) is 21.5. The van der Waals surface area contributed by atoms with Gasteiger partial charge in [-0.2, -0.15) is 0 Å². The van der Waals surface area contributed by atoms with Gasteiger partial charge in [-0.1, -0.05) is 29.8 Å². The minimum atomic E-state index is -3.95. The molecule has 30 heavy (non-hydrogen) atoms. The molecule has 2 aromatic carbocycles. The lowest BCUT2D eigenvalue weighted by atomic mass is 10.1. The summed E-state index contributed by atoms with van der Waals surface area (Å²) in [5.41, 5.74) is 3.35. The van der Waals surface area contributed by atoms with Crippen LogP contribution in [0, 0.1) is 13.8 Å². The molecule has 0 unspecified atom stereocenters. The Morgan fingerprint density at radius 1 is 1.03 bits per heavy atom. The van der Waals surface area contributed by atoms with Crippen LogP contribution in [0.5, 0.6) is 0 Å². The van der Waals surface area contributed by atoms with Crippen LogP contribution in [-0.4, -0.2) is 30.7 Å². The molecule has 1 aliphatic rings. The summed E-state index contributed by atoms with van der Waals surface area (Å²) < 4.78 is 26.9. The molecular weight excluding hydrogens is 402 g/mol. The van der Waals surface area contributed by atoms with E-state index in [-0.39, 0.29) is 27.7 Å². The second kappa shape index (κ2) is 7.46. The molecule has 8 heteroatoms. The molecule has 2 heterocycles. The van der Waals surface area contributed by atoms with Crippen molar-refractivity contribution in [3.63, 3.8) is 0 Å². The number of hydrogen-bond acceptors (Lipinski definition) is 4. The molecule has 1 aliphatic heterocycles. The van der Waals surface area contributed by atoms with Crippen molar-refractivity contribution in [2.75, 3.05) is 11.9 Å². The highest BCUT2D eigenvalue weighted by Crippen LogP contribution is 2.30. The zero-order valence-electron chi connectivity index (χ0n) is 16.6. The van der Waals surface area contributed by atoms with E-state index in [1.807, 2.05) is 31.2 Å². The van der Waals surface area contributed by atoms with Gasteiger partial charge in [0.25, 0.3) is 21.8 Å². The third-order valence-electron chi connectivity index (χ3n) is 5.00. The smallest absolute Gasteiger partial charge is 0.273 e. The maximum atomic E-state index is 13.0. The van der Waals surface area contributed by atoms with Crippen molar-refractivity contribution in [1.29, 1.82) is 0 Å². The third-order valence-corrected chi connectivity index (χ3v) is 6.73. The van der Waals surface area contributed by atoms with Gasteiger partial charge in [-0.25, -0.2) is 12.4 Å². The Hall–Kier alpha value is -3.39. The first-order chi connectivity index (χ1) is 14.3. The first-order valence-electron chi connectivity index (χ1n) is 9.49. The van der Waals surface area contributed by atoms with Gasteiger partial charge in [0.1, 0.15) is 10.6 Å². The minimum absolute atomic E-state index is 0.0350. The van der Waals surface area contributed by atoms with Crippen LogP contribution in [0.1, 0.15) is 37.5 Å². The van der Waals surface area contributed by atoms with Crippen molar-refractivity contribution in [3.05, 3.63) is 82.7 Å². The molecule has 0 aliphatic carbocycles. The van der Waals surface area contributed by atoms with E-state index in [0.29, 0.717) is 18.5 Å².